The van der Waals surface area contributed by atoms with Crippen LogP contribution in [0.5, 0.6) is 0 Å². The third kappa shape index (κ3) is 3.20. The van der Waals surface area contributed by atoms with Crippen LogP contribution >= 0.6 is 11.8 Å². The van der Waals surface area contributed by atoms with Gasteiger partial charge in [0.2, 0.25) is 0 Å². The second-order valence-corrected chi connectivity index (χ2v) is 5.57. The number of thioether (sulfide) groups is 1. The van der Waals surface area contributed by atoms with Gasteiger partial charge in [-0.15, -0.1) is 11.8 Å². The summed E-state index contributed by atoms with van der Waals surface area (Å²) in [5.74, 6) is 0. The fraction of sp³-hybridized carbons (Fsp3) is 0.500. The van der Waals surface area contributed by atoms with E-state index in [0.717, 1.165) is 30.6 Å². The molecule has 1 N–H and O–H groups in total. The summed E-state index contributed by atoms with van der Waals surface area (Å²) in [5, 5.41) is 20.6. The zero-order chi connectivity index (χ0) is 12.3. The van der Waals surface area contributed by atoms with Gasteiger partial charge < -0.3 is 5.11 Å². The summed E-state index contributed by atoms with van der Waals surface area (Å²) in [6.07, 6.45) is 3.89. The molecule has 1 fully saturated rings. The van der Waals surface area contributed by atoms with Crippen molar-refractivity contribution in [1.82, 2.24) is 0 Å². The molecule has 1 aromatic carbocycles. The van der Waals surface area contributed by atoms with Gasteiger partial charge >= 0.3 is 0 Å². The number of hydrogen-bond donors (Lipinski definition) is 1. The average Bonchev–Trinajstić information content (AvgIpc) is 2.33. The Labute approximate surface area is 104 Å². The molecular formula is C12H15NO3S. The Bertz CT molecular complexity index is 393. The van der Waals surface area contributed by atoms with E-state index in [-0.39, 0.29) is 17.0 Å². The maximum absolute atomic E-state index is 10.5. The van der Waals surface area contributed by atoms with E-state index in [1.807, 2.05) is 0 Å². The van der Waals surface area contributed by atoms with Crippen LogP contribution < -0.4 is 0 Å². The van der Waals surface area contributed by atoms with Gasteiger partial charge in [0.15, 0.2) is 0 Å². The third-order valence-corrected chi connectivity index (χ3v) is 4.40. The lowest BCUT2D eigenvalue weighted by atomic mass is 9.97. The minimum absolute atomic E-state index is 0.110. The molecule has 0 radical (unpaired) electrons. The van der Waals surface area contributed by atoms with E-state index in [1.165, 1.54) is 12.1 Å². The van der Waals surface area contributed by atoms with E-state index in [1.54, 1.807) is 23.9 Å². The van der Waals surface area contributed by atoms with Crippen molar-refractivity contribution in [1.29, 1.82) is 0 Å². The molecule has 0 aliphatic heterocycles. The SMILES string of the molecule is O=[N+]([O-])c1ccc(S[C@H]2CCCC[C@@H]2O)cc1. The Kier molecular flexibility index (Phi) is 4.02. The normalized spacial score (nSPS) is 24.5. The molecule has 2 rings (SSSR count). The first-order valence-electron chi connectivity index (χ1n) is 5.76. The van der Waals surface area contributed by atoms with Crippen molar-refractivity contribution in [2.24, 2.45) is 0 Å². The highest BCUT2D eigenvalue weighted by Crippen LogP contribution is 2.34. The zero-order valence-electron chi connectivity index (χ0n) is 9.41. The van der Waals surface area contributed by atoms with E-state index in [4.69, 9.17) is 0 Å². The number of hydrogen-bond acceptors (Lipinski definition) is 4. The summed E-state index contributed by atoms with van der Waals surface area (Å²) >= 11 is 1.62. The lowest BCUT2D eigenvalue weighted by Gasteiger charge is -2.26. The van der Waals surface area contributed by atoms with Gasteiger partial charge in [-0.25, -0.2) is 0 Å². The van der Waals surface area contributed by atoms with Gasteiger partial charge in [-0.05, 0) is 25.0 Å². The highest BCUT2D eigenvalue weighted by molar-refractivity contribution is 8.00. The van der Waals surface area contributed by atoms with Crippen molar-refractivity contribution in [2.45, 2.75) is 41.9 Å². The summed E-state index contributed by atoms with van der Waals surface area (Å²) < 4.78 is 0. The molecule has 0 bridgehead atoms. The Morgan fingerprint density at radius 1 is 1.24 bits per heavy atom. The number of nitrogens with zero attached hydrogens (tertiary/aromatic N) is 1. The van der Waals surface area contributed by atoms with Crippen LogP contribution in [0.4, 0.5) is 5.69 Å². The topological polar surface area (TPSA) is 63.4 Å². The van der Waals surface area contributed by atoms with Crippen LogP contribution in [0.25, 0.3) is 0 Å². The minimum Gasteiger partial charge on any atom is -0.392 e. The standard InChI is InChI=1S/C12H15NO3S/c14-11-3-1-2-4-12(11)17-10-7-5-9(6-8-10)13(15)16/h5-8,11-12,14H,1-4H2/t11-,12-/m0/s1. The van der Waals surface area contributed by atoms with Gasteiger partial charge in [0.25, 0.3) is 5.69 Å². The van der Waals surface area contributed by atoms with Crippen molar-refractivity contribution in [3.8, 4) is 0 Å². The van der Waals surface area contributed by atoms with Crippen LogP contribution in [0.15, 0.2) is 29.2 Å². The predicted molar refractivity (Wildman–Crippen MR) is 67.2 cm³/mol. The summed E-state index contributed by atoms with van der Waals surface area (Å²) in [6, 6.07) is 6.53. The van der Waals surface area contributed by atoms with Crippen LogP contribution in [0.2, 0.25) is 0 Å². The molecule has 1 aliphatic carbocycles. The van der Waals surface area contributed by atoms with Crippen LogP contribution in [0.1, 0.15) is 25.7 Å². The van der Waals surface area contributed by atoms with Crippen LogP contribution in [0.3, 0.4) is 0 Å². The summed E-state index contributed by atoms with van der Waals surface area (Å²) in [7, 11) is 0. The van der Waals surface area contributed by atoms with E-state index >= 15 is 0 Å². The molecule has 1 aromatic rings. The molecule has 1 saturated carbocycles. The van der Waals surface area contributed by atoms with Gasteiger partial charge in [-0.2, -0.15) is 0 Å². The molecule has 0 amide bonds. The number of rotatable bonds is 3. The Hall–Kier alpha value is -1.07. The molecule has 4 nitrogen and oxygen atoms in total. The van der Waals surface area contributed by atoms with Crippen molar-refractivity contribution in [3.63, 3.8) is 0 Å². The molecule has 0 spiro atoms. The molecular weight excluding hydrogens is 238 g/mol. The van der Waals surface area contributed by atoms with E-state index in [0.29, 0.717) is 0 Å². The Morgan fingerprint density at radius 3 is 2.47 bits per heavy atom. The molecule has 0 unspecified atom stereocenters. The number of nitro benzene ring substituents is 1. The van der Waals surface area contributed by atoms with Crippen molar-refractivity contribution < 1.29 is 10.0 Å². The summed E-state index contributed by atoms with van der Waals surface area (Å²) in [5.41, 5.74) is 0.110. The monoisotopic (exact) mass is 253 g/mol. The van der Waals surface area contributed by atoms with Crippen molar-refractivity contribution in [3.05, 3.63) is 34.4 Å². The second-order valence-electron chi connectivity index (χ2n) is 4.26. The smallest absolute Gasteiger partial charge is 0.269 e. The molecule has 2 atom stereocenters. The number of non-ortho nitro benzene ring substituents is 1. The highest BCUT2D eigenvalue weighted by atomic mass is 32.2. The molecule has 17 heavy (non-hydrogen) atoms. The number of benzene rings is 1. The lowest BCUT2D eigenvalue weighted by molar-refractivity contribution is -0.384. The fourth-order valence-electron chi connectivity index (χ4n) is 2.04. The second kappa shape index (κ2) is 5.51. The maximum atomic E-state index is 10.5. The molecule has 1 aliphatic rings. The number of aliphatic hydroxyl groups is 1. The minimum atomic E-state index is -0.399. The highest BCUT2D eigenvalue weighted by Gasteiger charge is 2.23. The van der Waals surface area contributed by atoms with Gasteiger partial charge in [-0.3, -0.25) is 10.1 Å². The van der Waals surface area contributed by atoms with E-state index in [2.05, 4.69) is 0 Å². The Morgan fingerprint density at radius 2 is 1.88 bits per heavy atom. The van der Waals surface area contributed by atoms with Gasteiger partial charge in [0.05, 0.1) is 11.0 Å². The summed E-state index contributed by atoms with van der Waals surface area (Å²) in [4.78, 5) is 11.1. The zero-order valence-corrected chi connectivity index (χ0v) is 10.2. The average molecular weight is 253 g/mol. The lowest BCUT2D eigenvalue weighted by Crippen LogP contribution is -2.26. The number of aliphatic hydroxyl groups excluding tert-OH is 1. The van der Waals surface area contributed by atoms with Crippen LogP contribution in [0, 0.1) is 10.1 Å². The molecule has 0 saturated heterocycles. The first-order chi connectivity index (χ1) is 8.16. The van der Waals surface area contributed by atoms with Gasteiger partial charge in [0, 0.05) is 22.3 Å². The molecule has 5 heteroatoms. The largest absolute Gasteiger partial charge is 0.392 e. The first-order valence-corrected chi connectivity index (χ1v) is 6.64. The van der Waals surface area contributed by atoms with Crippen molar-refractivity contribution in [2.75, 3.05) is 0 Å². The van der Waals surface area contributed by atoms with E-state index < -0.39 is 4.92 Å². The van der Waals surface area contributed by atoms with Crippen molar-refractivity contribution >= 4 is 17.4 Å². The van der Waals surface area contributed by atoms with Gasteiger partial charge in [-0.1, -0.05) is 12.8 Å². The Balaban J connectivity index is 2.00. The fourth-order valence-corrected chi connectivity index (χ4v) is 3.26. The number of nitro groups is 1. The van der Waals surface area contributed by atoms with Crippen LogP contribution in [-0.4, -0.2) is 21.4 Å². The quantitative estimate of drug-likeness (QED) is 0.664. The van der Waals surface area contributed by atoms with E-state index in [9.17, 15) is 15.2 Å². The van der Waals surface area contributed by atoms with Gasteiger partial charge in [0.1, 0.15) is 0 Å². The predicted octanol–water partition coefficient (Wildman–Crippen LogP) is 2.99. The molecule has 0 heterocycles. The maximum Gasteiger partial charge on any atom is 0.269 e. The first kappa shape index (κ1) is 12.4. The summed E-state index contributed by atoms with van der Waals surface area (Å²) in [6.45, 7) is 0. The third-order valence-electron chi connectivity index (χ3n) is 3.00. The van der Waals surface area contributed by atoms with Crippen LogP contribution in [-0.2, 0) is 0 Å². The molecule has 0 aromatic heterocycles. The molecule has 92 valence electrons.